The number of rotatable bonds is 6. The molecule has 0 unspecified atom stereocenters. The molecule has 7 nitrogen and oxygen atoms in total. The Hall–Kier alpha value is -2.78. The van der Waals surface area contributed by atoms with Gasteiger partial charge in [0.2, 0.25) is 11.1 Å². The van der Waals surface area contributed by atoms with Gasteiger partial charge in [0.15, 0.2) is 0 Å². The number of nitrogens with one attached hydrogen (secondary N) is 1. The molecule has 0 aliphatic heterocycles. The van der Waals surface area contributed by atoms with Crippen molar-refractivity contribution in [3.8, 4) is 10.6 Å². The molecular weight excluding hydrogens is 404 g/mol. The average Bonchev–Trinajstić information content (AvgIpc) is 3.33. The lowest BCUT2D eigenvalue weighted by atomic mass is 10.2. The van der Waals surface area contributed by atoms with Crippen LogP contribution in [0.15, 0.2) is 47.6 Å². The maximum absolute atomic E-state index is 12.3. The van der Waals surface area contributed by atoms with Crippen molar-refractivity contribution in [2.45, 2.75) is 32.0 Å². The van der Waals surface area contributed by atoms with Gasteiger partial charge >= 0.3 is 0 Å². The molecule has 0 aliphatic carbocycles. The normalized spacial score (nSPS) is 11.3. The molecule has 2 heterocycles. The molecule has 4 rings (SSSR count). The molecule has 0 aliphatic rings. The zero-order valence-corrected chi connectivity index (χ0v) is 17.9. The predicted molar refractivity (Wildman–Crippen MR) is 117 cm³/mol. The number of tetrazole rings is 1. The summed E-state index contributed by atoms with van der Waals surface area (Å²) in [5, 5.41) is 16.1. The molecule has 0 radical (unpaired) electrons. The van der Waals surface area contributed by atoms with E-state index in [4.69, 9.17) is 4.98 Å². The van der Waals surface area contributed by atoms with Gasteiger partial charge in [0.1, 0.15) is 5.01 Å². The monoisotopic (exact) mass is 424 g/mol. The lowest BCUT2D eigenvalue weighted by Crippen LogP contribution is -2.15. The number of fused-ring (bicyclic) bond motifs is 1. The summed E-state index contributed by atoms with van der Waals surface area (Å²) in [5.41, 5.74) is 4.02. The van der Waals surface area contributed by atoms with E-state index >= 15 is 0 Å². The number of aromatic nitrogens is 5. The largest absolute Gasteiger partial charge is 0.325 e. The number of thiazole rings is 1. The zero-order chi connectivity index (χ0) is 20.4. The highest BCUT2D eigenvalue weighted by molar-refractivity contribution is 7.99. The molecule has 0 spiro atoms. The van der Waals surface area contributed by atoms with E-state index in [1.807, 2.05) is 44.2 Å². The van der Waals surface area contributed by atoms with Crippen molar-refractivity contribution in [2.75, 3.05) is 11.1 Å². The van der Waals surface area contributed by atoms with Gasteiger partial charge in [0, 0.05) is 11.3 Å². The van der Waals surface area contributed by atoms with Crippen LogP contribution in [0.4, 0.5) is 5.69 Å². The molecule has 4 aromatic rings. The average molecular weight is 425 g/mol. The summed E-state index contributed by atoms with van der Waals surface area (Å²) < 4.78 is 2.88. The van der Waals surface area contributed by atoms with E-state index in [2.05, 4.69) is 39.9 Å². The summed E-state index contributed by atoms with van der Waals surface area (Å²) in [6.07, 6.45) is 0. The van der Waals surface area contributed by atoms with Gasteiger partial charge in [-0.3, -0.25) is 4.79 Å². The number of hydrogen-bond acceptors (Lipinski definition) is 7. The first-order chi connectivity index (χ1) is 14.0. The van der Waals surface area contributed by atoms with Crippen molar-refractivity contribution in [3.63, 3.8) is 0 Å². The molecule has 148 valence electrons. The van der Waals surface area contributed by atoms with Gasteiger partial charge in [-0.1, -0.05) is 17.8 Å². The quantitative estimate of drug-likeness (QED) is 0.456. The van der Waals surface area contributed by atoms with Gasteiger partial charge in [-0.05, 0) is 73.2 Å². The Balaban J connectivity index is 1.39. The molecule has 0 saturated carbocycles. The SMILES string of the molecule is Cc1ccc2nc(-c3ccc(NC(=O)CSc4nnnn4C(C)C)cc3)sc2c1. The van der Waals surface area contributed by atoms with Crippen molar-refractivity contribution in [1.29, 1.82) is 0 Å². The second-order valence-corrected chi connectivity index (χ2v) is 8.88. The topological polar surface area (TPSA) is 85.6 Å². The molecule has 0 bridgehead atoms. The molecule has 1 N–H and O–H groups in total. The van der Waals surface area contributed by atoms with Crippen LogP contribution in [0.5, 0.6) is 0 Å². The maximum Gasteiger partial charge on any atom is 0.234 e. The summed E-state index contributed by atoms with van der Waals surface area (Å²) >= 11 is 2.99. The summed E-state index contributed by atoms with van der Waals surface area (Å²) in [5.74, 6) is 0.142. The Bertz CT molecular complexity index is 1150. The number of carbonyl (C=O) groups is 1. The molecule has 0 fully saturated rings. The number of nitrogens with zero attached hydrogens (tertiary/aromatic N) is 5. The van der Waals surface area contributed by atoms with Crippen LogP contribution in [0.25, 0.3) is 20.8 Å². The van der Waals surface area contributed by atoms with Gasteiger partial charge < -0.3 is 5.32 Å². The Morgan fingerprint density at radius 1 is 1.21 bits per heavy atom. The third-order valence-corrected chi connectivity index (χ3v) is 6.24. The maximum atomic E-state index is 12.3. The fourth-order valence-electron chi connectivity index (χ4n) is 2.78. The van der Waals surface area contributed by atoms with Crippen LogP contribution in [0.3, 0.4) is 0 Å². The van der Waals surface area contributed by atoms with Gasteiger partial charge in [-0.25, -0.2) is 9.67 Å². The lowest BCUT2D eigenvalue weighted by Gasteiger charge is -2.08. The van der Waals surface area contributed by atoms with Crippen LogP contribution >= 0.6 is 23.1 Å². The Morgan fingerprint density at radius 3 is 2.76 bits per heavy atom. The molecular formula is C20H20N6OS2. The minimum absolute atomic E-state index is 0.100. The van der Waals surface area contributed by atoms with E-state index in [0.717, 1.165) is 21.8 Å². The lowest BCUT2D eigenvalue weighted by molar-refractivity contribution is -0.113. The second kappa shape index (κ2) is 8.30. The van der Waals surface area contributed by atoms with Crippen molar-refractivity contribution in [1.82, 2.24) is 25.2 Å². The summed E-state index contributed by atoms with van der Waals surface area (Å²) in [7, 11) is 0. The Kier molecular flexibility index (Phi) is 5.59. The summed E-state index contributed by atoms with van der Waals surface area (Å²) in [6, 6.07) is 14.2. The molecule has 2 aromatic carbocycles. The van der Waals surface area contributed by atoms with E-state index in [0.29, 0.717) is 5.16 Å². The number of benzene rings is 2. The smallest absolute Gasteiger partial charge is 0.234 e. The van der Waals surface area contributed by atoms with Gasteiger partial charge in [-0.15, -0.1) is 16.4 Å². The number of aryl methyl sites for hydroxylation is 1. The first kappa shape index (κ1) is 19.5. The summed E-state index contributed by atoms with van der Waals surface area (Å²) in [6.45, 7) is 6.07. The fourth-order valence-corrected chi connectivity index (χ4v) is 4.66. The molecule has 9 heteroatoms. The van der Waals surface area contributed by atoms with Gasteiger partial charge in [0.05, 0.1) is 22.0 Å². The van der Waals surface area contributed by atoms with E-state index in [9.17, 15) is 4.79 Å². The molecule has 29 heavy (non-hydrogen) atoms. The highest BCUT2D eigenvalue weighted by atomic mass is 32.2. The van der Waals surface area contributed by atoms with Crippen LogP contribution in [0, 0.1) is 6.92 Å². The molecule has 1 amide bonds. The molecule has 2 aromatic heterocycles. The van der Waals surface area contributed by atoms with E-state index in [1.54, 1.807) is 16.0 Å². The highest BCUT2D eigenvalue weighted by Crippen LogP contribution is 2.31. The minimum Gasteiger partial charge on any atom is -0.325 e. The summed E-state index contributed by atoms with van der Waals surface area (Å²) in [4.78, 5) is 17.0. The van der Waals surface area contributed by atoms with Gasteiger partial charge in [0.25, 0.3) is 0 Å². The number of thioether (sulfide) groups is 1. The van der Waals surface area contributed by atoms with Crippen molar-refractivity contribution in [2.24, 2.45) is 0 Å². The van der Waals surface area contributed by atoms with Crippen LogP contribution in [0.2, 0.25) is 0 Å². The standard InChI is InChI=1S/C20H20N6OS2/c1-12(2)26-20(23-24-25-26)28-11-18(27)21-15-7-5-14(6-8-15)19-22-16-9-4-13(3)10-17(16)29-19/h4-10,12H,11H2,1-3H3,(H,21,27). The third-order valence-electron chi connectivity index (χ3n) is 4.24. The molecule has 0 atom stereocenters. The third kappa shape index (κ3) is 4.46. The number of amides is 1. The second-order valence-electron chi connectivity index (χ2n) is 6.90. The van der Waals surface area contributed by atoms with Crippen LogP contribution in [-0.4, -0.2) is 36.9 Å². The fraction of sp³-hybridized carbons (Fsp3) is 0.250. The first-order valence-corrected chi connectivity index (χ1v) is 11.0. The minimum atomic E-state index is -0.100. The zero-order valence-electron chi connectivity index (χ0n) is 16.3. The predicted octanol–water partition coefficient (Wildman–Crippen LogP) is 4.57. The van der Waals surface area contributed by atoms with Crippen molar-refractivity contribution in [3.05, 3.63) is 48.0 Å². The van der Waals surface area contributed by atoms with E-state index in [-0.39, 0.29) is 17.7 Å². The Morgan fingerprint density at radius 2 is 2.00 bits per heavy atom. The number of hydrogen-bond donors (Lipinski definition) is 1. The number of carbonyl (C=O) groups excluding carboxylic acids is 1. The number of anilines is 1. The van der Waals surface area contributed by atoms with E-state index < -0.39 is 0 Å². The highest BCUT2D eigenvalue weighted by Gasteiger charge is 2.12. The van der Waals surface area contributed by atoms with Gasteiger partial charge in [-0.2, -0.15) is 0 Å². The van der Waals surface area contributed by atoms with Crippen LogP contribution in [-0.2, 0) is 4.79 Å². The van der Waals surface area contributed by atoms with Crippen molar-refractivity contribution >= 4 is 44.9 Å². The van der Waals surface area contributed by atoms with Crippen molar-refractivity contribution < 1.29 is 4.79 Å². The van der Waals surface area contributed by atoms with E-state index in [1.165, 1.54) is 22.0 Å². The van der Waals surface area contributed by atoms with Crippen LogP contribution in [0.1, 0.15) is 25.5 Å². The molecule has 0 saturated heterocycles. The first-order valence-electron chi connectivity index (χ1n) is 9.18. The Labute approximate surface area is 176 Å². The van der Waals surface area contributed by atoms with Crippen LogP contribution < -0.4 is 5.32 Å².